The third kappa shape index (κ3) is 3.12. The molecule has 0 bridgehead atoms. The maximum Gasteiger partial charge on any atom is 0.305 e. The molecule has 2 N–H and O–H groups in total. The van der Waals surface area contributed by atoms with Gasteiger partial charge in [-0.2, -0.15) is 0 Å². The average Bonchev–Trinajstić information content (AvgIpc) is 2.95. The number of carbonyl (C=O) groups excluding carboxylic acids is 2. The van der Waals surface area contributed by atoms with Gasteiger partial charge in [-0.1, -0.05) is 18.2 Å². The summed E-state index contributed by atoms with van der Waals surface area (Å²) in [4.78, 5) is 37.7. The zero-order valence-corrected chi connectivity index (χ0v) is 13.4. The minimum absolute atomic E-state index is 0.0732. The average molecular weight is 332 g/mol. The fourth-order valence-corrected chi connectivity index (χ4v) is 3.54. The molecule has 7 nitrogen and oxygen atoms in total. The number of benzene rings is 1. The van der Waals surface area contributed by atoms with Crippen LogP contribution < -0.4 is 5.32 Å². The van der Waals surface area contributed by atoms with Crippen LogP contribution in [0.25, 0.3) is 0 Å². The van der Waals surface area contributed by atoms with Crippen molar-refractivity contribution in [1.29, 1.82) is 0 Å². The Hall–Kier alpha value is -2.41. The molecule has 0 spiro atoms. The van der Waals surface area contributed by atoms with Gasteiger partial charge in [-0.25, -0.2) is 0 Å². The van der Waals surface area contributed by atoms with Crippen LogP contribution in [0, 0.1) is 0 Å². The monoisotopic (exact) mass is 332 g/mol. The highest BCUT2D eigenvalue weighted by Crippen LogP contribution is 2.35. The van der Waals surface area contributed by atoms with Crippen molar-refractivity contribution < 1.29 is 24.2 Å². The van der Waals surface area contributed by atoms with Crippen molar-refractivity contribution in [1.82, 2.24) is 4.90 Å². The lowest BCUT2D eigenvalue weighted by molar-refractivity contribution is -0.141. The molecule has 1 aromatic rings. The molecule has 2 heterocycles. The summed E-state index contributed by atoms with van der Waals surface area (Å²) in [6, 6.07) is 6.82. The van der Waals surface area contributed by atoms with E-state index in [-0.39, 0.29) is 30.8 Å². The molecule has 0 radical (unpaired) electrons. The Kier molecular flexibility index (Phi) is 4.53. The van der Waals surface area contributed by atoms with Crippen LogP contribution in [0.15, 0.2) is 24.3 Å². The van der Waals surface area contributed by atoms with Gasteiger partial charge in [0.2, 0.25) is 11.8 Å². The summed E-state index contributed by atoms with van der Waals surface area (Å²) in [5, 5.41) is 11.9. The predicted octanol–water partition coefficient (Wildman–Crippen LogP) is 1.20. The summed E-state index contributed by atoms with van der Waals surface area (Å²) in [5.41, 5.74) is 1.42. The SMILES string of the molecule is COC1CC(CC(=O)O)N(C(=O)C2CC(=O)Nc3ccccc32)C1. The quantitative estimate of drug-likeness (QED) is 0.864. The summed E-state index contributed by atoms with van der Waals surface area (Å²) in [5.74, 6) is -1.94. The van der Waals surface area contributed by atoms with E-state index < -0.39 is 17.9 Å². The number of likely N-dealkylation sites (tertiary alicyclic amines) is 1. The first kappa shape index (κ1) is 16.4. The number of anilines is 1. The third-order valence-electron chi connectivity index (χ3n) is 4.70. The van der Waals surface area contributed by atoms with Crippen LogP contribution in [0.2, 0.25) is 0 Å². The van der Waals surface area contributed by atoms with Crippen molar-refractivity contribution in [3.05, 3.63) is 29.8 Å². The molecule has 3 unspecified atom stereocenters. The molecule has 24 heavy (non-hydrogen) atoms. The van der Waals surface area contributed by atoms with E-state index in [1.54, 1.807) is 24.1 Å². The lowest BCUT2D eigenvalue weighted by Gasteiger charge is -2.31. The summed E-state index contributed by atoms with van der Waals surface area (Å²) >= 11 is 0. The summed E-state index contributed by atoms with van der Waals surface area (Å²) in [7, 11) is 1.56. The Balaban J connectivity index is 1.87. The van der Waals surface area contributed by atoms with Gasteiger partial charge in [0.1, 0.15) is 0 Å². The van der Waals surface area contributed by atoms with Crippen molar-refractivity contribution in [3.63, 3.8) is 0 Å². The first-order valence-corrected chi connectivity index (χ1v) is 7.93. The fraction of sp³-hybridized carbons (Fsp3) is 0.471. The second kappa shape index (κ2) is 6.60. The van der Waals surface area contributed by atoms with E-state index in [1.807, 2.05) is 12.1 Å². The molecule has 1 saturated heterocycles. The highest BCUT2D eigenvalue weighted by molar-refractivity contribution is 6.01. The van der Waals surface area contributed by atoms with E-state index in [0.29, 0.717) is 18.7 Å². The number of carboxylic acid groups (broad SMARTS) is 1. The van der Waals surface area contributed by atoms with Crippen LogP contribution in [0.1, 0.15) is 30.7 Å². The number of ether oxygens (including phenoxy) is 1. The molecular weight excluding hydrogens is 312 g/mol. The zero-order valence-electron chi connectivity index (χ0n) is 13.4. The standard InChI is InChI=1S/C17H20N2O5/c1-24-11-6-10(7-16(21)22)19(9-11)17(23)13-8-15(20)18-14-5-3-2-4-12(13)14/h2-5,10-11,13H,6-9H2,1H3,(H,18,20)(H,21,22). The maximum absolute atomic E-state index is 13.1. The van der Waals surface area contributed by atoms with Gasteiger partial charge in [-0.05, 0) is 18.1 Å². The fourth-order valence-electron chi connectivity index (χ4n) is 3.54. The van der Waals surface area contributed by atoms with Gasteiger partial charge in [-0.3, -0.25) is 14.4 Å². The smallest absolute Gasteiger partial charge is 0.305 e. The number of fused-ring (bicyclic) bond motifs is 1. The Labute approximate surface area is 139 Å². The van der Waals surface area contributed by atoms with Crippen LogP contribution in [0.3, 0.4) is 0 Å². The predicted molar refractivity (Wildman–Crippen MR) is 85.6 cm³/mol. The highest BCUT2D eigenvalue weighted by atomic mass is 16.5. The molecule has 0 aliphatic carbocycles. The Morgan fingerprint density at radius 3 is 2.83 bits per heavy atom. The molecule has 3 rings (SSSR count). The first-order valence-electron chi connectivity index (χ1n) is 7.93. The number of hydrogen-bond acceptors (Lipinski definition) is 4. The second-order valence-electron chi connectivity index (χ2n) is 6.23. The molecule has 7 heteroatoms. The number of aliphatic carboxylic acids is 1. The summed E-state index contributed by atoms with van der Waals surface area (Å²) in [6.07, 6.45) is 0.274. The first-order chi connectivity index (χ1) is 11.5. The van der Waals surface area contributed by atoms with Crippen molar-refractivity contribution in [3.8, 4) is 0 Å². The van der Waals surface area contributed by atoms with Gasteiger partial charge in [-0.15, -0.1) is 0 Å². The zero-order chi connectivity index (χ0) is 17.3. The van der Waals surface area contributed by atoms with Crippen LogP contribution >= 0.6 is 0 Å². The number of carbonyl (C=O) groups is 3. The lowest BCUT2D eigenvalue weighted by Crippen LogP contribution is -2.42. The molecule has 3 atom stereocenters. The molecule has 2 aliphatic heterocycles. The molecule has 2 amide bonds. The van der Waals surface area contributed by atoms with Crippen molar-refractivity contribution in [2.75, 3.05) is 19.0 Å². The molecule has 1 aromatic carbocycles. The topological polar surface area (TPSA) is 95.9 Å². The van der Waals surface area contributed by atoms with Crippen LogP contribution in [-0.2, 0) is 19.1 Å². The Bertz CT molecular complexity index is 675. The van der Waals surface area contributed by atoms with E-state index in [4.69, 9.17) is 9.84 Å². The third-order valence-corrected chi connectivity index (χ3v) is 4.70. The molecule has 0 saturated carbocycles. The number of rotatable bonds is 4. The van der Waals surface area contributed by atoms with Gasteiger partial charge in [0.25, 0.3) is 0 Å². The van der Waals surface area contributed by atoms with E-state index in [9.17, 15) is 14.4 Å². The minimum Gasteiger partial charge on any atom is -0.481 e. The Morgan fingerprint density at radius 2 is 2.12 bits per heavy atom. The van der Waals surface area contributed by atoms with Gasteiger partial charge in [0, 0.05) is 31.8 Å². The van der Waals surface area contributed by atoms with Crippen LogP contribution in [0.5, 0.6) is 0 Å². The van der Waals surface area contributed by atoms with E-state index in [0.717, 1.165) is 5.56 Å². The molecule has 128 valence electrons. The summed E-state index contributed by atoms with van der Waals surface area (Å²) < 4.78 is 5.32. The Morgan fingerprint density at radius 1 is 1.38 bits per heavy atom. The number of methoxy groups -OCH3 is 1. The van der Waals surface area contributed by atoms with E-state index in [2.05, 4.69) is 5.32 Å². The molecule has 0 aromatic heterocycles. The maximum atomic E-state index is 13.1. The second-order valence-corrected chi connectivity index (χ2v) is 6.23. The van der Waals surface area contributed by atoms with Gasteiger partial charge in [0.05, 0.1) is 18.4 Å². The van der Waals surface area contributed by atoms with Crippen molar-refractivity contribution in [2.45, 2.75) is 37.3 Å². The van der Waals surface area contributed by atoms with Crippen molar-refractivity contribution in [2.24, 2.45) is 0 Å². The number of carboxylic acids is 1. The van der Waals surface area contributed by atoms with Gasteiger partial charge >= 0.3 is 5.97 Å². The van der Waals surface area contributed by atoms with Crippen LogP contribution in [-0.4, -0.2) is 53.6 Å². The number of nitrogens with one attached hydrogen (secondary N) is 1. The van der Waals surface area contributed by atoms with E-state index >= 15 is 0 Å². The van der Waals surface area contributed by atoms with Gasteiger partial charge in [0.15, 0.2) is 0 Å². The molecular formula is C17H20N2O5. The number of hydrogen-bond donors (Lipinski definition) is 2. The summed E-state index contributed by atoms with van der Waals surface area (Å²) in [6.45, 7) is 0.355. The molecule has 1 fully saturated rings. The number of nitrogens with zero attached hydrogens (tertiary/aromatic N) is 1. The van der Waals surface area contributed by atoms with Gasteiger partial charge < -0.3 is 20.1 Å². The normalized spacial score (nSPS) is 26.0. The van der Waals surface area contributed by atoms with E-state index in [1.165, 1.54) is 0 Å². The minimum atomic E-state index is -0.948. The van der Waals surface area contributed by atoms with Crippen LogP contribution in [0.4, 0.5) is 5.69 Å². The largest absolute Gasteiger partial charge is 0.481 e. The highest BCUT2D eigenvalue weighted by Gasteiger charge is 2.41. The van der Waals surface area contributed by atoms with Crippen molar-refractivity contribution >= 4 is 23.5 Å². The molecule has 2 aliphatic rings. The lowest BCUT2D eigenvalue weighted by atomic mass is 9.89. The number of amides is 2. The number of para-hydroxylation sites is 1.